The summed E-state index contributed by atoms with van der Waals surface area (Å²) in [5.74, 6) is 2.03. The molecule has 0 spiro atoms. The number of carbonyl (C=O) groups excluding carboxylic acids is 3. The highest BCUT2D eigenvalue weighted by Crippen LogP contribution is 2.61. The van der Waals surface area contributed by atoms with Gasteiger partial charge in [-0.25, -0.2) is 0 Å². The van der Waals surface area contributed by atoms with E-state index < -0.39 is 0 Å². The second-order valence-electron chi connectivity index (χ2n) is 9.93. The van der Waals surface area contributed by atoms with Crippen LogP contribution in [-0.4, -0.2) is 24.3 Å². The molecule has 6 rings (SSSR count). The molecule has 7 nitrogen and oxygen atoms in total. The Balaban J connectivity index is 1.07. The van der Waals surface area contributed by atoms with Gasteiger partial charge in [0.15, 0.2) is 5.76 Å². The van der Waals surface area contributed by atoms with Crippen molar-refractivity contribution in [2.75, 3.05) is 17.2 Å². The minimum Gasteiger partial charge on any atom is -0.459 e. The minimum absolute atomic E-state index is 0.0157. The molecule has 3 amide bonds. The lowest BCUT2D eigenvalue weighted by Crippen LogP contribution is -2.48. The molecule has 168 valence electrons. The zero-order valence-corrected chi connectivity index (χ0v) is 18.1. The number of hydrogen-bond acceptors (Lipinski definition) is 4. The Morgan fingerprint density at radius 1 is 0.844 bits per heavy atom. The van der Waals surface area contributed by atoms with Crippen molar-refractivity contribution in [3.05, 3.63) is 48.4 Å². The Hall–Kier alpha value is -3.09. The zero-order chi connectivity index (χ0) is 22.1. The van der Waals surface area contributed by atoms with Crippen LogP contribution < -0.4 is 16.0 Å². The third-order valence-corrected chi connectivity index (χ3v) is 7.32. The van der Waals surface area contributed by atoms with Gasteiger partial charge in [-0.3, -0.25) is 14.4 Å². The molecular formula is C25H29N3O4. The molecule has 1 aromatic heterocycles. The molecule has 4 aliphatic rings. The molecule has 0 radical (unpaired) electrons. The molecule has 1 aromatic carbocycles. The van der Waals surface area contributed by atoms with E-state index in [2.05, 4.69) is 16.0 Å². The van der Waals surface area contributed by atoms with Crippen LogP contribution in [0.4, 0.5) is 11.4 Å². The summed E-state index contributed by atoms with van der Waals surface area (Å²) < 4.78 is 5.06. The van der Waals surface area contributed by atoms with Crippen LogP contribution in [0.15, 0.2) is 47.1 Å². The van der Waals surface area contributed by atoms with Crippen LogP contribution in [0, 0.1) is 23.2 Å². The first-order chi connectivity index (χ1) is 15.5. The lowest BCUT2D eigenvalue weighted by molar-refractivity contribution is -0.131. The van der Waals surface area contributed by atoms with E-state index in [4.69, 9.17) is 4.42 Å². The first-order valence-corrected chi connectivity index (χ1v) is 11.5. The van der Waals surface area contributed by atoms with Crippen LogP contribution in [0.1, 0.15) is 55.5 Å². The van der Waals surface area contributed by atoms with Crippen LogP contribution in [0.25, 0.3) is 0 Å². The molecule has 2 aromatic rings. The van der Waals surface area contributed by atoms with Gasteiger partial charge in [-0.1, -0.05) is 0 Å². The summed E-state index contributed by atoms with van der Waals surface area (Å²) in [5, 5.41) is 8.32. The third-order valence-electron chi connectivity index (χ3n) is 7.32. The molecule has 4 bridgehead atoms. The lowest BCUT2D eigenvalue weighted by Gasteiger charge is -2.56. The van der Waals surface area contributed by atoms with Gasteiger partial charge in [0.2, 0.25) is 11.8 Å². The van der Waals surface area contributed by atoms with Gasteiger partial charge in [0.25, 0.3) is 5.91 Å². The van der Waals surface area contributed by atoms with Crippen LogP contribution in [-0.2, 0) is 9.59 Å². The highest BCUT2D eigenvalue weighted by atomic mass is 16.3. The van der Waals surface area contributed by atoms with Crippen molar-refractivity contribution in [1.82, 2.24) is 5.32 Å². The maximum atomic E-state index is 12.6. The summed E-state index contributed by atoms with van der Waals surface area (Å²) in [7, 11) is 0. The fourth-order valence-corrected chi connectivity index (χ4v) is 6.53. The SMILES string of the molecule is O=C(CC12CC3CC(CC(C3)C1)C2)NCC(=O)Nc1ccc(NC(=O)c2ccco2)cc1. The Kier molecular flexibility index (Phi) is 5.49. The number of amides is 3. The molecule has 0 atom stereocenters. The van der Waals surface area contributed by atoms with E-state index in [1.807, 2.05) is 0 Å². The Morgan fingerprint density at radius 3 is 2.00 bits per heavy atom. The summed E-state index contributed by atoms with van der Waals surface area (Å²) in [5.41, 5.74) is 1.36. The van der Waals surface area contributed by atoms with Crippen molar-refractivity contribution < 1.29 is 18.8 Å². The Morgan fingerprint density at radius 2 is 1.44 bits per heavy atom. The van der Waals surface area contributed by atoms with Crippen LogP contribution >= 0.6 is 0 Å². The summed E-state index contributed by atoms with van der Waals surface area (Å²) in [4.78, 5) is 36.9. The van der Waals surface area contributed by atoms with Crippen molar-refractivity contribution in [3.8, 4) is 0 Å². The number of nitrogens with one attached hydrogen (secondary N) is 3. The monoisotopic (exact) mass is 435 g/mol. The predicted octanol–water partition coefficient (Wildman–Crippen LogP) is 4.19. The van der Waals surface area contributed by atoms with E-state index in [1.54, 1.807) is 36.4 Å². The first-order valence-electron chi connectivity index (χ1n) is 11.5. The number of hydrogen-bond donors (Lipinski definition) is 3. The second kappa shape index (κ2) is 8.45. The number of rotatable bonds is 7. The van der Waals surface area contributed by atoms with E-state index >= 15 is 0 Å². The molecule has 0 saturated heterocycles. The number of benzene rings is 1. The van der Waals surface area contributed by atoms with Crippen molar-refractivity contribution in [3.63, 3.8) is 0 Å². The van der Waals surface area contributed by atoms with Gasteiger partial charge in [-0.2, -0.15) is 0 Å². The summed E-state index contributed by atoms with van der Waals surface area (Å²) in [6.45, 7) is -0.0395. The highest BCUT2D eigenvalue weighted by molar-refractivity contribution is 6.02. The molecule has 32 heavy (non-hydrogen) atoms. The van der Waals surface area contributed by atoms with Gasteiger partial charge in [0, 0.05) is 17.8 Å². The number of anilines is 2. The van der Waals surface area contributed by atoms with E-state index in [9.17, 15) is 14.4 Å². The van der Waals surface area contributed by atoms with Gasteiger partial charge < -0.3 is 20.4 Å². The van der Waals surface area contributed by atoms with Crippen LogP contribution in [0.2, 0.25) is 0 Å². The minimum atomic E-state index is -0.339. The maximum Gasteiger partial charge on any atom is 0.291 e. The molecule has 4 saturated carbocycles. The van der Waals surface area contributed by atoms with Gasteiger partial charge in [0.05, 0.1) is 12.8 Å². The highest BCUT2D eigenvalue weighted by Gasteiger charge is 2.51. The van der Waals surface area contributed by atoms with Crippen molar-refractivity contribution >= 4 is 29.1 Å². The van der Waals surface area contributed by atoms with Crippen molar-refractivity contribution in [1.29, 1.82) is 0 Å². The lowest BCUT2D eigenvalue weighted by atomic mass is 9.49. The van der Waals surface area contributed by atoms with Crippen molar-refractivity contribution in [2.24, 2.45) is 23.2 Å². The normalized spacial score (nSPS) is 27.7. The fraction of sp³-hybridized carbons (Fsp3) is 0.480. The third kappa shape index (κ3) is 4.56. The number of furan rings is 1. The standard InChI is InChI=1S/C25H29N3O4/c29-22(14-25-11-16-8-17(12-25)10-18(9-16)13-25)26-15-23(30)27-19-3-5-20(6-4-19)28-24(31)21-2-1-7-32-21/h1-7,16-18H,8-15H2,(H,26,29)(H,27,30)(H,28,31). The van der Waals surface area contributed by atoms with Gasteiger partial charge in [-0.05, 0) is 98.1 Å². The van der Waals surface area contributed by atoms with Gasteiger partial charge >= 0.3 is 0 Å². The molecule has 3 N–H and O–H groups in total. The summed E-state index contributed by atoms with van der Waals surface area (Å²) in [6.07, 6.45) is 9.60. The Labute approximate surface area is 187 Å². The summed E-state index contributed by atoms with van der Waals surface area (Å²) in [6, 6.07) is 10.0. The molecule has 1 heterocycles. The smallest absolute Gasteiger partial charge is 0.291 e. The van der Waals surface area contributed by atoms with E-state index in [-0.39, 0.29) is 35.4 Å². The quantitative estimate of drug-likeness (QED) is 0.607. The molecule has 7 heteroatoms. The average Bonchev–Trinajstić information content (AvgIpc) is 3.27. The molecular weight excluding hydrogens is 406 g/mol. The average molecular weight is 436 g/mol. The second-order valence-corrected chi connectivity index (χ2v) is 9.93. The van der Waals surface area contributed by atoms with E-state index in [1.165, 1.54) is 44.8 Å². The maximum absolute atomic E-state index is 12.6. The van der Waals surface area contributed by atoms with E-state index in [0.717, 1.165) is 17.8 Å². The van der Waals surface area contributed by atoms with Crippen molar-refractivity contribution in [2.45, 2.75) is 44.9 Å². The van der Waals surface area contributed by atoms with E-state index in [0.29, 0.717) is 17.8 Å². The van der Waals surface area contributed by atoms with Crippen LogP contribution in [0.3, 0.4) is 0 Å². The largest absolute Gasteiger partial charge is 0.459 e. The Bertz CT molecular complexity index is 961. The summed E-state index contributed by atoms with van der Waals surface area (Å²) >= 11 is 0. The van der Waals surface area contributed by atoms with Gasteiger partial charge in [-0.15, -0.1) is 0 Å². The molecule has 0 unspecified atom stereocenters. The predicted molar refractivity (Wildman–Crippen MR) is 120 cm³/mol. The molecule has 4 aliphatic carbocycles. The first kappa shape index (κ1) is 20.8. The zero-order valence-electron chi connectivity index (χ0n) is 18.1. The van der Waals surface area contributed by atoms with Gasteiger partial charge in [0.1, 0.15) is 0 Å². The fourth-order valence-electron chi connectivity index (χ4n) is 6.53. The molecule has 0 aliphatic heterocycles. The molecule has 4 fully saturated rings. The number of carbonyl (C=O) groups is 3. The van der Waals surface area contributed by atoms with Crippen LogP contribution in [0.5, 0.6) is 0 Å². The topological polar surface area (TPSA) is 100 Å².